The van der Waals surface area contributed by atoms with Crippen LogP contribution in [0.2, 0.25) is 0 Å². The van der Waals surface area contributed by atoms with E-state index in [-0.39, 0.29) is 12.0 Å². The van der Waals surface area contributed by atoms with Crippen molar-refractivity contribution in [1.29, 1.82) is 0 Å². The lowest BCUT2D eigenvalue weighted by Crippen LogP contribution is -2.32. The van der Waals surface area contributed by atoms with Gasteiger partial charge in [0.25, 0.3) is 5.24 Å². The van der Waals surface area contributed by atoms with Crippen molar-refractivity contribution in [1.82, 2.24) is 0 Å². The summed E-state index contributed by atoms with van der Waals surface area (Å²) in [7, 11) is 0. The Morgan fingerprint density at radius 1 is 1.15 bits per heavy atom. The van der Waals surface area contributed by atoms with Crippen LogP contribution in [-0.4, -0.2) is 33.4 Å². The van der Waals surface area contributed by atoms with Crippen molar-refractivity contribution < 1.29 is 24.3 Å². The second-order valence-corrected chi connectivity index (χ2v) is 7.12. The van der Waals surface area contributed by atoms with Gasteiger partial charge >= 0.3 is 5.97 Å². The van der Waals surface area contributed by atoms with Crippen molar-refractivity contribution in [3.63, 3.8) is 0 Å². The maximum absolute atomic E-state index is 12.5. The summed E-state index contributed by atoms with van der Waals surface area (Å²) in [4.78, 5) is 49.2. The second-order valence-electron chi connectivity index (χ2n) is 5.97. The largest absolute Gasteiger partial charge is 0.478 e. The Kier molecular flexibility index (Phi) is 5.27. The molecule has 0 spiro atoms. The van der Waals surface area contributed by atoms with Crippen molar-refractivity contribution >= 4 is 46.2 Å². The summed E-state index contributed by atoms with van der Waals surface area (Å²) in [6.07, 6.45) is -0.185. The predicted octanol–water partition coefficient (Wildman–Crippen LogP) is 3.29. The van der Waals surface area contributed by atoms with Gasteiger partial charge in [-0.1, -0.05) is 24.3 Å². The first-order valence-corrected chi connectivity index (χ1v) is 8.98. The van der Waals surface area contributed by atoms with E-state index >= 15 is 0 Å². The number of imide groups is 1. The summed E-state index contributed by atoms with van der Waals surface area (Å²) >= 11 is 0.810. The fraction of sp³-hybridized carbons (Fsp3) is 0.158. The molecule has 3 amide bonds. The fourth-order valence-electron chi connectivity index (χ4n) is 2.66. The lowest BCUT2D eigenvalue weighted by atomic mass is 10.1. The molecule has 2 aromatic rings. The van der Waals surface area contributed by atoms with Gasteiger partial charge in [0, 0.05) is 12.1 Å². The van der Waals surface area contributed by atoms with Crippen LogP contribution >= 0.6 is 11.8 Å². The lowest BCUT2D eigenvalue weighted by molar-refractivity contribution is -0.121. The predicted molar refractivity (Wildman–Crippen MR) is 102 cm³/mol. The van der Waals surface area contributed by atoms with E-state index in [2.05, 4.69) is 5.32 Å². The highest BCUT2D eigenvalue weighted by molar-refractivity contribution is 8.15. The number of anilines is 2. The molecule has 0 saturated carbocycles. The zero-order chi connectivity index (χ0) is 19.6. The first-order chi connectivity index (χ1) is 12.9. The number of carbonyl (C=O) groups excluding carboxylic acids is 3. The zero-order valence-corrected chi connectivity index (χ0v) is 15.2. The van der Waals surface area contributed by atoms with Gasteiger partial charge in [-0.3, -0.25) is 14.4 Å². The number of nitrogens with zero attached hydrogens (tertiary/aromatic N) is 1. The topological polar surface area (TPSA) is 104 Å². The number of rotatable bonds is 5. The maximum Gasteiger partial charge on any atom is 0.335 e. The number of aromatic carboxylic acids is 1. The molecule has 0 unspecified atom stereocenters. The minimum Gasteiger partial charge on any atom is -0.478 e. The van der Waals surface area contributed by atoms with E-state index in [9.17, 15) is 19.2 Å². The van der Waals surface area contributed by atoms with Crippen LogP contribution in [0.1, 0.15) is 22.3 Å². The first-order valence-electron chi connectivity index (χ1n) is 8.10. The molecule has 0 radical (unpaired) electrons. The van der Waals surface area contributed by atoms with Crippen LogP contribution in [0.25, 0.3) is 0 Å². The summed E-state index contributed by atoms with van der Waals surface area (Å²) in [6.45, 7) is 1.73. The summed E-state index contributed by atoms with van der Waals surface area (Å²) in [6, 6.07) is 12.9. The van der Waals surface area contributed by atoms with Crippen LogP contribution < -0.4 is 10.2 Å². The molecule has 1 atom stereocenters. The molecule has 7 nitrogen and oxygen atoms in total. The van der Waals surface area contributed by atoms with E-state index < -0.39 is 28.3 Å². The summed E-state index contributed by atoms with van der Waals surface area (Å²) in [5, 5.41) is 10.4. The third-order valence-corrected chi connectivity index (χ3v) is 5.10. The summed E-state index contributed by atoms with van der Waals surface area (Å²) in [5.74, 6) is -2.01. The standard InChI is InChI=1S/C19H16N2O5S/c1-11-7-8-12(18(24)25)9-14(11)20-16(22)10-15-17(23)21(19(26)27-15)13-5-3-2-4-6-13/h2-9,15H,10H2,1H3,(H,20,22)(H,24,25)/t15-/m0/s1. The Hall–Kier alpha value is -3.13. The SMILES string of the molecule is Cc1ccc(C(=O)O)cc1NC(=O)C[C@@H]1SC(=O)N(c2ccccc2)C1=O. The van der Waals surface area contributed by atoms with E-state index in [1.807, 2.05) is 0 Å². The van der Waals surface area contributed by atoms with Gasteiger partial charge in [0.1, 0.15) is 5.25 Å². The Balaban J connectivity index is 1.70. The molecule has 0 aromatic heterocycles. The first kappa shape index (κ1) is 18.7. The highest BCUT2D eigenvalue weighted by atomic mass is 32.2. The van der Waals surface area contributed by atoms with Gasteiger partial charge in [-0.25, -0.2) is 9.69 Å². The van der Waals surface area contributed by atoms with Crippen molar-refractivity contribution in [2.45, 2.75) is 18.6 Å². The van der Waals surface area contributed by atoms with Gasteiger partial charge in [-0.2, -0.15) is 0 Å². The average Bonchev–Trinajstić information content (AvgIpc) is 2.90. The monoisotopic (exact) mass is 384 g/mol. The minimum absolute atomic E-state index is 0.0487. The number of carboxylic acid groups (broad SMARTS) is 1. The molecule has 0 bridgehead atoms. The van der Waals surface area contributed by atoms with E-state index in [1.54, 1.807) is 43.3 Å². The molecular formula is C19H16N2O5S. The molecule has 2 N–H and O–H groups in total. The number of carbonyl (C=O) groups is 4. The normalized spacial score (nSPS) is 16.5. The van der Waals surface area contributed by atoms with E-state index in [0.29, 0.717) is 16.9 Å². The second kappa shape index (κ2) is 7.63. The smallest absolute Gasteiger partial charge is 0.335 e. The van der Waals surface area contributed by atoms with Gasteiger partial charge in [-0.05, 0) is 48.5 Å². The van der Waals surface area contributed by atoms with Gasteiger partial charge in [0.05, 0.1) is 11.3 Å². The molecule has 3 rings (SSSR count). The molecule has 8 heteroatoms. The number of thioether (sulfide) groups is 1. The van der Waals surface area contributed by atoms with Crippen LogP contribution in [0.5, 0.6) is 0 Å². The lowest BCUT2D eigenvalue weighted by Gasteiger charge is -2.14. The van der Waals surface area contributed by atoms with Crippen LogP contribution in [0, 0.1) is 6.92 Å². The molecule has 1 heterocycles. The minimum atomic E-state index is -1.10. The van der Waals surface area contributed by atoms with Crippen molar-refractivity contribution in [2.24, 2.45) is 0 Å². The molecule has 2 aromatic carbocycles. The van der Waals surface area contributed by atoms with Gasteiger partial charge in [0.2, 0.25) is 11.8 Å². The third-order valence-electron chi connectivity index (χ3n) is 4.07. The quantitative estimate of drug-likeness (QED) is 0.820. The molecule has 138 valence electrons. The number of hydrogen-bond acceptors (Lipinski definition) is 5. The van der Waals surface area contributed by atoms with Crippen LogP contribution in [0.3, 0.4) is 0 Å². The zero-order valence-electron chi connectivity index (χ0n) is 14.3. The molecule has 1 fully saturated rings. The Labute approximate surface area is 159 Å². The van der Waals surface area contributed by atoms with E-state index in [1.165, 1.54) is 12.1 Å². The number of carboxylic acids is 1. The number of para-hydroxylation sites is 1. The number of benzene rings is 2. The average molecular weight is 384 g/mol. The van der Waals surface area contributed by atoms with Crippen LogP contribution in [-0.2, 0) is 9.59 Å². The van der Waals surface area contributed by atoms with E-state index in [0.717, 1.165) is 16.7 Å². The number of hydrogen-bond donors (Lipinski definition) is 2. The van der Waals surface area contributed by atoms with Gasteiger partial charge < -0.3 is 10.4 Å². The van der Waals surface area contributed by atoms with Crippen molar-refractivity contribution in [3.05, 3.63) is 59.7 Å². The van der Waals surface area contributed by atoms with Crippen LogP contribution in [0.15, 0.2) is 48.5 Å². The molecule has 0 aliphatic carbocycles. The Bertz CT molecular complexity index is 929. The van der Waals surface area contributed by atoms with Crippen molar-refractivity contribution in [2.75, 3.05) is 10.2 Å². The number of nitrogens with one attached hydrogen (secondary N) is 1. The van der Waals surface area contributed by atoms with E-state index in [4.69, 9.17) is 5.11 Å². The molecule has 1 aliphatic heterocycles. The van der Waals surface area contributed by atoms with Gasteiger partial charge in [-0.15, -0.1) is 0 Å². The van der Waals surface area contributed by atoms with Gasteiger partial charge in [0.15, 0.2) is 0 Å². The third kappa shape index (κ3) is 4.01. The summed E-state index contributed by atoms with van der Waals surface area (Å²) < 4.78 is 0. The van der Waals surface area contributed by atoms with Crippen LogP contribution in [0.4, 0.5) is 16.2 Å². The maximum atomic E-state index is 12.5. The Morgan fingerprint density at radius 3 is 2.52 bits per heavy atom. The van der Waals surface area contributed by atoms with Crippen molar-refractivity contribution in [3.8, 4) is 0 Å². The number of aryl methyl sites for hydroxylation is 1. The molecular weight excluding hydrogens is 368 g/mol. The molecule has 27 heavy (non-hydrogen) atoms. The molecule has 1 saturated heterocycles. The highest BCUT2D eigenvalue weighted by Gasteiger charge is 2.41. The molecule has 1 aliphatic rings. The summed E-state index contributed by atoms with van der Waals surface area (Å²) in [5.41, 5.74) is 1.57. The fourth-order valence-corrected chi connectivity index (χ4v) is 3.64. The highest BCUT2D eigenvalue weighted by Crippen LogP contribution is 2.33. The number of amides is 3. The Morgan fingerprint density at radius 2 is 1.85 bits per heavy atom.